The van der Waals surface area contributed by atoms with Gasteiger partial charge in [-0.3, -0.25) is 4.79 Å². The molecule has 0 aliphatic heterocycles. The Labute approximate surface area is 197 Å². The van der Waals surface area contributed by atoms with Crippen molar-refractivity contribution in [2.45, 2.75) is 32.6 Å². The van der Waals surface area contributed by atoms with E-state index in [1.165, 1.54) is 15.0 Å². The number of aromatic nitrogens is 3. The summed E-state index contributed by atoms with van der Waals surface area (Å²) < 4.78 is 35.0. The minimum absolute atomic E-state index is 0.0589. The van der Waals surface area contributed by atoms with Gasteiger partial charge in [-0.15, -0.1) is 11.3 Å². The average molecular weight is 476 g/mol. The summed E-state index contributed by atoms with van der Waals surface area (Å²) in [6.45, 7) is 1.81. The second-order valence-corrected chi connectivity index (χ2v) is 9.47. The summed E-state index contributed by atoms with van der Waals surface area (Å²) in [4.78, 5) is 25.6. The van der Waals surface area contributed by atoms with Crippen molar-refractivity contribution in [2.24, 2.45) is 0 Å². The molecule has 0 fully saturated rings. The number of benzene rings is 2. The number of thiophene rings is 1. The van der Waals surface area contributed by atoms with Crippen molar-refractivity contribution in [3.05, 3.63) is 86.7 Å². The lowest BCUT2D eigenvalue weighted by molar-refractivity contribution is 0.419. The molecule has 0 radical (unpaired) electrons. The zero-order chi connectivity index (χ0) is 23.4. The zero-order valence-corrected chi connectivity index (χ0v) is 19.1. The van der Waals surface area contributed by atoms with Gasteiger partial charge in [-0.05, 0) is 50.3 Å². The van der Waals surface area contributed by atoms with E-state index in [9.17, 15) is 13.6 Å². The minimum atomic E-state index is -0.779. The highest BCUT2D eigenvalue weighted by atomic mass is 32.1. The molecule has 2 aromatic carbocycles. The number of rotatable bonds is 3. The van der Waals surface area contributed by atoms with E-state index >= 15 is 0 Å². The summed E-state index contributed by atoms with van der Waals surface area (Å²) in [5, 5.41) is 1.30. The molecule has 5 aromatic rings. The molecule has 1 aliphatic carbocycles. The highest BCUT2D eigenvalue weighted by Crippen LogP contribution is 2.39. The Morgan fingerprint density at radius 1 is 0.971 bits per heavy atom. The minimum Gasteiger partial charge on any atom is -0.425 e. The predicted octanol–water partition coefficient (Wildman–Crippen LogP) is 6.25. The first kappa shape index (κ1) is 20.9. The van der Waals surface area contributed by atoms with Crippen LogP contribution in [-0.4, -0.2) is 14.5 Å². The molecule has 0 N–H and O–H groups in total. The number of halogens is 2. The number of aryl methyl sites for hydroxylation is 3. The standard InChI is InChI=1S/C26H19F2N3O2S/c1-14-21-23(22-19-9-5-6-10-20(19)34-24(22)29-14)30-26(33-18-12-15(27)11-16(28)13-18)31(25(21)32)17-7-3-2-4-8-17/h2-4,7-8,11-13H,5-6,9-10H2,1H3. The quantitative estimate of drug-likeness (QED) is 0.309. The van der Waals surface area contributed by atoms with Crippen molar-refractivity contribution in [3.8, 4) is 17.4 Å². The predicted molar refractivity (Wildman–Crippen MR) is 128 cm³/mol. The van der Waals surface area contributed by atoms with Crippen LogP contribution in [0.4, 0.5) is 8.78 Å². The van der Waals surface area contributed by atoms with E-state index in [-0.39, 0.29) is 17.3 Å². The average Bonchev–Trinajstić information content (AvgIpc) is 3.17. The van der Waals surface area contributed by atoms with Gasteiger partial charge in [-0.1, -0.05) is 18.2 Å². The lowest BCUT2D eigenvalue weighted by Crippen LogP contribution is -2.22. The molecule has 170 valence electrons. The molecule has 0 spiro atoms. The maximum atomic E-state index is 13.9. The van der Waals surface area contributed by atoms with Crippen molar-refractivity contribution in [3.63, 3.8) is 0 Å². The molecule has 0 unspecified atom stereocenters. The summed E-state index contributed by atoms with van der Waals surface area (Å²) in [5.41, 5.74) is 2.49. The van der Waals surface area contributed by atoms with E-state index in [1.54, 1.807) is 42.5 Å². The van der Waals surface area contributed by atoms with Crippen LogP contribution in [0.25, 0.3) is 26.8 Å². The second-order valence-electron chi connectivity index (χ2n) is 8.39. The number of pyridine rings is 1. The van der Waals surface area contributed by atoms with Crippen LogP contribution in [0.2, 0.25) is 0 Å². The van der Waals surface area contributed by atoms with Crippen LogP contribution in [0, 0.1) is 18.6 Å². The van der Waals surface area contributed by atoms with Crippen LogP contribution in [0.15, 0.2) is 53.3 Å². The first-order valence-electron chi connectivity index (χ1n) is 11.1. The Hall–Kier alpha value is -3.65. The number of nitrogens with zero attached hydrogens (tertiary/aromatic N) is 3. The van der Waals surface area contributed by atoms with Crippen molar-refractivity contribution in [1.82, 2.24) is 14.5 Å². The van der Waals surface area contributed by atoms with Gasteiger partial charge < -0.3 is 4.74 Å². The number of hydrogen-bond acceptors (Lipinski definition) is 5. The van der Waals surface area contributed by atoms with E-state index in [1.807, 2.05) is 6.07 Å². The molecule has 6 rings (SSSR count). The Morgan fingerprint density at radius 2 is 1.71 bits per heavy atom. The number of hydrogen-bond donors (Lipinski definition) is 0. The Bertz CT molecular complexity index is 1620. The summed E-state index contributed by atoms with van der Waals surface area (Å²) in [5.74, 6) is -1.64. The molecule has 3 aromatic heterocycles. The zero-order valence-electron chi connectivity index (χ0n) is 18.3. The molecule has 0 amide bonds. The maximum Gasteiger partial charge on any atom is 0.310 e. The third kappa shape index (κ3) is 3.37. The van der Waals surface area contributed by atoms with Gasteiger partial charge in [0.25, 0.3) is 5.56 Å². The fraction of sp³-hybridized carbons (Fsp3) is 0.192. The lowest BCUT2D eigenvalue weighted by Gasteiger charge is -2.16. The normalized spacial score (nSPS) is 13.4. The van der Waals surface area contributed by atoms with Crippen LogP contribution < -0.4 is 10.3 Å². The summed E-state index contributed by atoms with van der Waals surface area (Å²) in [7, 11) is 0. The van der Waals surface area contributed by atoms with E-state index in [4.69, 9.17) is 14.7 Å². The lowest BCUT2D eigenvalue weighted by atomic mass is 9.96. The SMILES string of the molecule is Cc1nc2sc3c(c2c2nc(Oc4cc(F)cc(F)c4)n(-c4ccccc4)c(=O)c12)CCCC3. The number of para-hydroxylation sites is 1. The van der Waals surface area contributed by atoms with Crippen LogP contribution in [0.1, 0.15) is 29.0 Å². The van der Waals surface area contributed by atoms with Gasteiger partial charge in [0.15, 0.2) is 0 Å². The molecule has 1 aliphatic rings. The Morgan fingerprint density at radius 3 is 2.47 bits per heavy atom. The number of ether oxygens (including phenoxy) is 1. The monoisotopic (exact) mass is 475 g/mol. The molecular formula is C26H19F2N3O2S. The fourth-order valence-corrected chi connectivity index (χ4v) is 5.97. The highest BCUT2D eigenvalue weighted by Gasteiger charge is 2.24. The first-order chi connectivity index (χ1) is 16.5. The third-order valence-corrected chi connectivity index (χ3v) is 7.32. The van der Waals surface area contributed by atoms with Crippen molar-refractivity contribution in [2.75, 3.05) is 0 Å². The van der Waals surface area contributed by atoms with Crippen molar-refractivity contribution in [1.29, 1.82) is 0 Å². The van der Waals surface area contributed by atoms with Gasteiger partial charge in [0, 0.05) is 28.5 Å². The van der Waals surface area contributed by atoms with Crippen LogP contribution in [-0.2, 0) is 12.8 Å². The molecule has 0 atom stereocenters. The molecule has 0 saturated heterocycles. The third-order valence-electron chi connectivity index (χ3n) is 6.13. The molecule has 3 heterocycles. The molecule has 34 heavy (non-hydrogen) atoms. The second kappa shape index (κ2) is 7.99. The van der Waals surface area contributed by atoms with Gasteiger partial charge in [0.05, 0.1) is 22.3 Å². The van der Waals surface area contributed by atoms with Crippen molar-refractivity contribution < 1.29 is 13.5 Å². The summed E-state index contributed by atoms with van der Waals surface area (Å²) in [6, 6.07) is 11.8. The molecule has 0 saturated carbocycles. The summed E-state index contributed by atoms with van der Waals surface area (Å²) >= 11 is 1.65. The largest absolute Gasteiger partial charge is 0.425 e. The van der Waals surface area contributed by atoms with E-state index < -0.39 is 11.6 Å². The molecular weight excluding hydrogens is 456 g/mol. The summed E-state index contributed by atoms with van der Waals surface area (Å²) in [6.07, 6.45) is 4.10. The van der Waals surface area contributed by atoms with E-state index in [0.717, 1.165) is 54.1 Å². The molecule has 8 heteroatoms. The van der Waals surface area contributed by atoms with Gasteiger partial charge in [0.2, 0.25) is 0 Å². The number of fused-ring (bicyclic) bond motifs is 5. The van der Waals surface area contributed by atoms with Gasteiger partial charge in [0.1, 0.15) is 22.2 Å². The Kier molecular flexibility index (Phi) is 4.91. The van der Waals surface area contributed by atoms with Crippen LogP contribution in [0.3, 0.4) is 0 Å². The van der Waals surface area contributed by atoms with Crippen molar-refractivity contribution >= 4 is 32.5 Å². The van der Waals surface area contributed by atoms with Gasteiger partial charge >= 0.3 is 6.01 Å². The van der Waals surface area contributed by atoms with E-state index in [0.29, 0.717) is 22.3 Å². The van der Waals surface area contributed by atoms with Crippen LogP contribution in [0.5, 0.6) is 11.8 Å². The highest BCUT2D eigenvalue weighted by molar-refractivity contribution is 7.19. The topological polar surface area (TPSA) is 57.0 Å². The fourth-order valence-electron chi connectivity index (χ4n) is 4.66. The smallest absolute Gasteiger partial charge is 0.310 e. The Balaban J connectivity index is 1.70. The first-order valence-corrected chi connectivity index (χ1v) is 11.9. The van der Waals surface area contributed by atoms with E-state index in [2.05, 4.69) is 0 Å². The van der Waals surface area contributed by atoms with Crippen LogP contribution >= 0.6 is 11.3 Å². The van der Waals surface area contributed by atoms with Gasteiger partial charge in [-0.2, -0.15) is 4.98 Å². The molecule has 5 nitrogen and oxygen atoms in total. The molecule has 0 bridgehead atoms. The van der Waals surface area contributed by atoms with Gasteiger partial charge in [-0.25, -0.2) is 18.3 Å². The maximum absolute atomic E-state index is 13.9.